The average Bonchev–Trinajstić information content (AvgIpc) is 3.27. The van der Waals surface area contributed by atoms with Gasteiger partial charge in [-0.2, -0.15) is 0 Å². The Labute approximate surface area is 409 Å². The van der Waals surface area contributed by atoms with Crippen molar-refractivity contribution in [2.24, 2.45) is 5.73 Å². The summed E-state index contributed by atoms with van der Waals surface area (Å²) in [6, 6.07) is 27.5. The first-order valence-electron chi connectivity index (χ1n) is 21.2. The van der Waals surface area contributed by atoms with Crippen molar-refractivity contribution in [2.75, 3.05) is 11.5 Å². The maximum atomic E-state index is 12.8. The molecule has 1 atom stereocenters. The summed E-state index contributed by atoms with van der Waals surface area (Å²) in [4.78, 5) is 49.4. The van der Waals surface area contributed by atoms with E-state index in [4.69, 9.17) is 46.9 Å². The molecule has 0 aliphatic carbocycles. The number of hydrogen-bond donors (Lipinski definition) is 5. The maximum absolute atomic E-state index is 12.8. The minimum Gasteiger partial charge on any atom is -0.478 e. The number of halogens is 3. The molecule has 8 rings (SSSR count). The SMILES string of the molecule is C.Cc1cc(N)nc(C)c1CN.Cc1nc(N)ccc1C(C)NC(=O)c1ccnc(Cc2ccc3ncc(Cl)cc3c2)c1.Cl.O=C(O)c1ccnc(Cc2ccc3ncc(Cl)cc3c2)c1.[2H]CC. The molecular formula is C51H57Cl3N10O3. The zero-order valence-corrected chi connectivity index (χ0v) is 39.5. The summed E-state index contributed by atoms with van der Waals surface area (Å²) in [5.41, 5.74) is 27.8. The van der Waals surface area contributed by atoms with Crippen molar-refractivity contribution in [3.8, 4) is 0 Å². The van der Waals surface area contributed by atoms with E-state index in [9.17, 15) is 9.59 Å². The number of nitrogens with two attached hydrogens (primary N) is 3. The number of carboxylic acids is 1. The van der Waals surface area contributed by atoms with E-state index in [0.717, 1.165) is 66.7 Å². The molecule has 13 nitrogen and oxygen atoms in total. The quantitative estimate of drug-likeness (QED) is 0.0912. The molecule has 0 saturated heterocycles. The van der Waals surface area contributed by atoms with Crippen molar-refractivity contribution in [2.45, 2.75) is 74.4 Å². The van der Waals surface area contributed by atoms with E-state index >= 15 is 0 Å². The fraction of sp³-hybridized carbons (Fsp3) is 0.216. The molecule has 0 spiro atoms. The molecule has 0 saturated carbocycles. The van der Waals surface area contributed by atoms with E-state index in [2.05, 4.69) is 35.2 Å². The number of aromatic nitrogens is 6. The number of nitrogen functional groups attached to an aromatic ring is 2. The third kappa shape index (κ3) is 15.4. The topological polar surface area (TPSA) is 222 Å². The highest BCUT2D eigenvalue weighted by atomic mass is 35.5. The number of nitrogens with zero attached hydrogens (tertiary/aromatic N) is 6. The van der Waals surface area contributed by atoms with Gasteiger partial charge in [0.2, 0.25) is 0 Å². The van der Waals surface area contributed by atoms with Crippen molar-refractivity contribution in [3.63, 3.8) is 0 Å². The number of hydrogen-bond acceptors (Lipinski definition) is 11. The van der Waals surface area contributed by atoms with Crippen LogP contribution >= 0.6 is 35.6 Å². The van der Waals surface area contributed by atoms with E-state index in [-0.39, 0.29) is 37.3 Å². The van der Waals surface area contributed by atoms with Gasteiger partial charge in [-0.15, -0.1) is 12.4 Å². The number of aromatic carboxylic acids is 1. The number of carboxylic acid groups (broad SMARTS) is 1. The first-order valence-corrected chi connectivity index (χ1v) is 21.3. The number of anilines is 2. The lowest BCUT2D eigenvalue weighted by molar-refractivity contribution is 0.0696. The van der Waals surface area contributed by atoms with Gasteiger partial charge >= 0.3 is 5.97 Å². The third-order valence-electron chi connectivity index (χ3n) is 10.1. The molecule has 8 N–H and O–H groups in total. The van der Waals surface area contributed by atoms with E-state index in [0.29, 0.717) is 59.2 Å². The highest BCUT2D eigenvalue weighted by Gasteiger charge is 2.15. The number of amides is 1. The van der Waals surface area contributed by atoms with E-state index in [1.165, 1.54) is 12.3 Å². The smallest absolute Gasteiger partial charge is 0.335 e. The second-order valence-corrected chi connectivity index (χ2v) is 15.7. The van der Waals surface area contributed by atoms with Crippen LogP contribution in [0.2, 0.25) is 10.0 Å². The van der Waals surface area contributed by atoms with Gasteiger partial charge in [-0.3, -0.25) is 24.7 Å². The zero-order chi connectivity index (χ0) is 47.9. The molecule has 0 radical (unpaired) electrons. The third-order valence-corrected chi connectivity index (χ3v) is 10.5. The summed E-state index contributed by atoms with van der Waals surface area (Å²) < 4.78 is 6.21. The number of fused-ring (bicyclic) bond motifs is 2. The Kier molecular flexibility index (Phi) is 20.4. The fourth-order valence-corrected chi connectivity index (χ4v) is 7.31. The van der Waals surface area contributed by atoms with Gasteiger partial charge in [-0.25, -0.2) is 14.8 Å². The molecule has 6 aromatic heterocycles. The van der Waals surface area contributed by atoms with Gasteiger partial charge in [0.15, 0.2) is 0 Å². The van der Waals surface area contributed by atoms with Gasteiger partial charge in [-0.1, -0.05) is 62.7 Å². The molecule has 8 aromatic rings. The highest BCUT2D eigenvalue weighted by Crippen LogP contribution is 2.23. The molecule has 2 aromatic carbocycles. The summed E-state index contributed by atoms with van der Waals surface area (Å²) in [6.07, 6.45) is 7.57. The van der Waals surface area contributed by atoms with Gasteiger partial charge in [0.05, 0.1) is 32.7 Å². The number of carbonyl (C=O) groups excluding carboxylic acids is 1. The maximum Gasteiger partial charge on any atom is 0.335 e. The van der Waals surface area contributed by atoms with Crippen molar-refractivity contribution in [3.05, 3.63) is 188 Å². The van der Waals surface area contributed by atoms with Gasteiger partial charge in [0.1, 0.15) is 11.6 Å². The fourth-order valence-electron chi connectivity index (χ4n) is 6.97. The Balaban J connectivity index is 0.000000286. The zero-order valence-electron chi connectivity index (χ0n) is 38.2. The van der Waals surface area contributed by atoms with E-state index in [1.807, 2.05) is 94.4 Å². The minimum absolute atomic E-state index is 0. The Morgan fingerprint density at radius 1 is 0.716 bits per heavy atom. The predicted molar refractivity (Wildman–Crippen MR) is 275 cm³/mol. The molecule has 6 heterocycles. The van der Waals surface area contributed by atoms with Gasteiger partial charge in [0, 0.05) is 84.7 Å². The summed E-state index contributed by atoms with van der Waals surface area (Å²) >= 11 is 12.0. The van der Waals surface area contributed by atoms with Gasteiger partial charge < -0.3 is 27.6 Å². The van der Waals surface area contributed by atoms with Crippen molar-refractivity contribution in [1.82, 2.24) is 35.2 Å². The minimum atomic E-state index is -0.951. The van der Waals surface area contributed by atoms with Gasteiger partial charge in [-0.05, 0) is 128 Å². The Bertz CT molecular complexity index is 2960. The number of benzene rings is 2. The standard InChI is InChI=1S/C24H22ClN5O.C16H11ClN2O2.C8H13N3.C2H6.CH4.ClH/c1-14-21(4-6-23(26)29-14)15(2)30-24(31)17-7-8-27-20(12-17)10-16-3-5-22-18(9-16)11-19(25)13-28-22;17-13-7-12-5-10(1-2-15(12)19-9-13)6-14-8-11(16(20)21)3-4-18-14;1-5-3-8(10)11-6(2)7(5)4-9;1-2;;/h3-9,11-13,15H,10H2,1-2H3,(H2,26,29)(H,30,31);1-5,7-9H,6H2,(H,20,21);3H,4,9H2,1-2H3,(H2,10,11);1-2H3;1H4;1H/i;;;1D;;. The monoisotopic (exact) mass is 963 g/mol. The van der Waals surface area contributed by atoms with Crippen LogP contribution in [0.1, 0.15) is 107 Å². The van der Waals surface area contributed by atoms with Crippen LogP contribution in [0.5, 0.6) is 0 Å². The molecule has 67 heavy (non-hydrogen) atoms. The highest BCUT2D eigenvalue weighted by molar-refractivity contribution is 6.31. The largest absolute Gasteiger partial charge is 0.478 e. The molecule has 0 fully saturated rings. The molecule has 16 heteroatoms. The van der Waals surface area contributed by atoms with Crippen LogP contribution in [0.4, 0.5) is 11.6 Å². The van der Waals surface area contributed by atoms with Crippen molar-refractivity contribution < 1.29 is 16.1 Å². The van der Waals surface area contributed by atoms with Crippen molar-refractivity contribution >= 4 is 80.9 Å². The predicted octanol–water partition coefficient (Wildman–Crippen LogP) is 11.0. The van der Waals surface area contributed by atoms with Crippen LogP contribution in [-0.2, 0) is 19.4 Å². The molecule has 1 amide bonds. The van der Waals surface area contributed by atoms with E-state index in [1.54, 1.807) is 43.7 Å². The second-order valence-electron chi connectivity index (χ2n) is 14.8. The first kappa shape index (κ1) is 52.9. The molecule has 0 aliphatic rings. The molecule has 1 unspecified atom stereocenters. The molecule has 0 bridgehead atoms. The summed E-state index contributed by atoms with van der Waals surface area (Å²) in [5, 5.41) is 15.1. The van der Waals surface area contributed by atoms with Crippen LogP contribution in [0, 0.1) is 20.8 Å². The molecule has 350 valence electrons. The lowest BCUT2D eigenvalue weighted by Crippen LogP contribution is -2.27. The Morgan fingerprint density at radius 3 is 1.72 bits per heavy atom. The van der Waals surface area contributed by atoms with E-state index < -0.39 is 5.97 Å². The number of aryl methyl sites for hydroxylation is 3. The number of carbonyl (C=O) groups is 2. The normalized spacial score (nSPS) is 10.8. The summed E-state index contributed by atoms with van der Waals surface area (Å²) in [5.74, 6) is -0.0856. The number of pyridine rings is 6. The molecule has 0 aliphatic heterocycles. The second kappa shape index (κ2) is 25.8. The molecular weight excluding hydrogens is 907 g/mol. The average molecular weight is 965 g/mol. The lowest BCUT2D eigenvalue weighted by atomic mass is 10.0. The lowest BCUT2D eigenvalue weighted by Gasteiger charge is -2.16. The Hall–Kier alpha value is -6.77. The van der Waals surface area contributed by atoms with Crippen LogP contribution in [-0.4, -0.2) is 46.9 Å². The van der Waals surface area contributed by atoms with Crippen LogP contribution in [0.3, 0.4) is 0 Å². The van der Waals surface area contributed by atoms with Gasteiger partial charge in [0.25, 0.3) is 5.91 Å². The Morgan fingerprint density at radius 2 is 1.22 bits per heavy atom. The number of rotatable bonds is 9. The summed E-state index contributed by atoms with van der Waals surface area (Å²) in [7, 11) is 0. The number of nitrogens with one attached hydrogen (secondary N) is 1. The first-order chi connectivity index (χ1) is 31.6. The van der Waals surface area contributed by atoms with Crippen LogP contribution in [0.25, 0.3) is 21.8 Å². The van der Waals surface area contributed by atoms with Crippen LogP contribution in [0.15, 0.2) is 116 Å². The van der Waals surface area contributed by atoms with Crippen LogP contribution < -0.4 is 22.5 Å². The van der Waals surface area contributed by atoms with Crippen molar-refractivity contribution in [1.29, 1.82) is 0 Å². The summed E-state index contributed by atoms with van der Waals surface area (Å²) in [6.45, 7) is 10.5.